The van der Waals surface area contributed by atoms with Gasteiger partial charge in [0.15, 0.2) is 5.76 Å². The van der Waals surface area contributed by atoms with E-state index in [1.54, 1.807) is 0 Å². The number of rotatable bonds is 7. The second-order valence-electron chi connectivity index (χ2n) is 6.29. The highest BCUT2D eigenvalue weighted by atomic mass is 16.5. The topological polar surface area (TPSA) is 62.0 Å². The highest BCUT2D eigenvalue weighted by molar-refractivity contribution is 5.20. The monoisotopic (exact) mass is 331 g/mol. The Morgan fingerprint density at radius 2 is 1.88 bits per heavy atom. The minimum absolute atomic E-state index is 0.321. The average Bonchev–Trinajstić information content (AvgIpc) is 3.01. The molecule has 3 rings (SSSR count). The fourth-order valence-corrected chi connectivity index (χ4v) is 2.90. The number of β-amino-alcohol motifs (C(OH)–C–C–N with tert-alkyl or cyclic N) is 1. The predicted molar refractivity (Wildman–Crippen MR) is 90.9 cm³/mol. The summed E-state index contributed by atoms with van der Waals surface area (Å²) >= 11 is 0. The van der Waals surface area contributed by atoms with E-state index < -0.39 is 6.10 Å². The lowest BCUT2D eigenvalue weighted by Crippen LogP contribution is -2.48. The fourth-order valence-electron chi connectivity index (χ4n) is 2.90. The molecule has 0 spiro atoms. The molecule has 1 unspecified atom stereocenters. The van der Waals surface area contributed by atoms with Crippen molar-refractivity contribution in [2.24, 2.45) is 0 Å². The van der Waals surface area contributed by atoms with E-state index in [1.165, 1.54) is 0 Å². The van der Waals surface area contributed by atoms with Crippen LogP contribution in [0.25, 0.3) is 0 Å². The molecule has 1 N–H and O–H groups in total. The third-order valence-electron chi connectivity index (χ3n) is 4.18. The van der Waals surface area contributed by atoms with Gasteiger partial charge in [-0.1, -0.05) is 23.4 Å². The van der Waals surface area contributed by atoms with Crippen LogP contribution in [0.5, 0.6) is 5.75 Å². The second kappa shape index (κ2) is 8.28. The molecule has 130 valence electrons. The summed E-state index contributed by atoms with van der Waals surface area (Å²) in [5.74, 6) is 1.71. The largest absolute Gasteiger partial charge is 0.491 e. The molecule has 1 atom stereocenters. The van der Waals surface area contributed by atoms with Gasteiger partial charge in [-0.25, -0.2) is 0 Å². The van der Waals surface area contributed by atoms with Crippen LogP contribution in [0, 0.1) is 6.92 Å². The Kier molecular flexibility index (Phi) is 5.85. The van der Waals surface area contributed by atoms with Crippen LogP contribution in [0.3, 0.4) is 0 Å². The summed E-state index contributed by atoms with van der Waals surface area (Å²) in [6.07, 6.45) is -0.478. The minimum atomic E-state index is -0.478. The van der Waals surface area contributed by atoms with E-state index in [2.05, 4.69) is 15.0 Å². The molecule has 1 saturated heterocycles. The first-order valence-electron chi connectivity index (χ1n) is 8.42. The van der Waals surface area contributed by atoms with E-state index in [9.17, 15) is 5.11 Å². The number of hydrogen-bond donors (Lipinski definition) is 1. The summed E-state index contributed by atoms with van der Waals surface area (Å²) in [5.41, 5.74) is 0.921. The highest BCUT2D eigenvalue weighted by Crippen LogP contribution is 2.11. The molecule has 1 aliphatic heterocycles. The molecule has 1 aromatic heterocycles. The number of ether oxygens (including phenoxy) is 1. The van der Waals surface area contributed by atoms with Gasteiger partial charge in [-0.05, 0) is 19.1 Å². The van der Waals surface area contributed by atoms with Crippen molar-refractivity contribution >= 4 is 0 Å². The zero-order chi connectivity index (χ0) is 16.8. The van der Waals surface area contributed by atoms with Gasteiger partial charge in [0.05, 0.1) is 12.2 Å². The molecule has 0 saturated carbocycles. The van der Waals surface area contributed by atoms with Crippen molar-refractivity contribution in [1.82, 2.24) is 15.0 Å². The van der Waals surface area contributed by atoms with Gasteiger partial charge in [0.25, 0.3) is 0 Å². The van der Waals surface area contributed by atoms with E-state index in [0.717, 1.165) is 49.9 Å². The molecule has 24 heavy (non-hydrogen) atoms. The molecular formula is C18H25N3O3. The minimum Gasteiger partial charge on any atom is -0.491 e. The van der Waals surface area contributed by atoms with Crippen molar-refractivity contribution < 1.29 is 14.4 Å². The van der Waals surface area contributed by atoms with Crippen LogP contribution in [0.2, 0.25) is 0 Å². The first-order chi connectivity index (χ1) is 11.7. The fraction of sp³-hybridized carbons (Fsp3) is 0.500. The number of aryl methyl sites for hydroxylation is 1. The Hall–Kier alpha value is -1.89. The number of hydrogen-bond acceptors (Lipinski definition) is 6. The molecule has 1 fully saturated rings. The van der Waals surface area contributed by atoms with Gasteiger partial charge < -0.3 is 14.4 Å². The molecule has 6 heteroatoms. The normalized spacial score (nSPS) is 17.8. The molecular weight excluding hydrogens is 306 g/mol. The Bertz CT molecular complexity index is 609. The maximum absolute atomic E-state index is 10.2. The Morgan fingerprint density at radius 3 is 2.54 bits per heavy atom. The third-order valence-corrected chi connectivity index (χ3v) is 4.18. The molecule has 0 radical (unpaired) electrons. The summed E-state index contributed by atoms with van der Waals surface area (Å²) in [4.78, 5) is 4.63. The lowest BCUT2D eigenvalue weighted by atomic mass is 10.2. The number of benzene rings is 1. The van der Waals surface area contributed by atoms with Gasteiger partial charge in [-0.2, -0.15) is 0 Å². The summed E-state index contributed by atoms with van der Waals surface area (Å²) in [5, 5.41) is 14.1. The van der Waals surface area contributed by atoms with E-state index >= 15 is 0 Å². The van der Waals surface area contributed by atoms with Crippen molar-refractivity contribution in [2.75, 3.05) is 39.3 Å². The van der Waals surface area contributed by atoms with Crippen molar-refractivity contribution in [3.63, 3.8) is 0 Å². The molecule has 0 amide bonds. The highest BCUT2D eigenvalue weighted by Gasteiger charge is 2.20. The number of para-hydroxylation sites is 1. The van der Waals surface area contributed by atoms with E-state index in [1.807, 2.05) is 43.3 Å². The standard InChI is InChI=1S/C18H25N3O3/c1-15-11-18(24-19-15)13-21-9-7-20(8-10-21)12-16(22)14-23-17-5-3-2-4-6-17/h2-6,11,16,22H,7-10,12-14H2,1H3. The molecule has 1 aromatic carbocycles. The summed E-state index contributed by atoms with van der Waals surface area (Å²) in [6, 6.07) is 11.6. The van der Waals surface area contributed by atoms with Gasteiger partial charge in [0, 0.05) is 38.8 Å². The first kappa shape index (κ1) is 17.0. The lowest BCUT2D eigenvalue weighted by molar-refractivity contribution is 0.0430. The Labute approximate surface area is 142 Å². The molecule has 1 aliphatic rings. The van der Waals surface area contributed by atoms with Crippen LogP contribution < -0.4 is 4.74 Å². The van der Waals surface area contributed by atoms with Crippen molar-refractivity contribution in [3.8, 4) is 5.75 Å². The predicted octanol–water partition coefficient (Wildman–Crippen LogP) is 1.54. The Balaban J connectivity index is 1.35. The molecule has 2 heterocycles. The third kappa shape index (κ3) is 5.06. The number of aliphatic hydroxyl groups excluding tert-OH is 1. The summed E-state index contributed by atoms with van der Waals surface area (Å²) < 4.78 is 10.9. The van der Waals surface area contributed by atoms with Gasteiger partial charge in [-0.3, -0.25) is 9.80 Å². The van der Waals surface area contributed by atoms with E-state index in [4.69, 9.17) is 9.26 Å². The van der Waals surface area contributed by atoms with Crippen LogP contribution >= 0.6 is 0 Å². The number of nitrogens with zero attached hydrogens (tertiary/aromatic N) is 3. The first-order valence-corrected chi connectivity index (χ1v) is 8.42. The number of piperazine rings is 1. The van der Waals surface area contributed by atoms with Crippen LogP contribution in [0.15, 0.2) is 40.9 Å². The van der Waals surface area contributed by atoms with Crippen molar-refractivity contribution in [1.29, 1.82) is 0 Å². The lowest BCUT2D eigenvalue weighted by Gasteiger charge is -2.35. The summed E-state index contributed by atoms with van der Waals surface area (Å²) in [6.45, 7) is 7.50. The van der Waals surface area contributed by atoms with Crippen LogP contribution in [-0.2, 0) is 6.54 Å². The SMILES string of the molecule is Cc1cc(CN2CCN(CC(O)COc3ccccc3)CC2)on1. The molecule has 6 nitrogen and oxygen atoms in total. The van der Waals surface area contributed by atoms with Crippen molar-refractivity contribution in [3.05, 3.63) is 47.9 Å². The van der Waals surface area contributed by atoms with Gasteiger partial charge in [0.2, 0.25) is 0 Å². The van der Waals surface area contributed by atoms with E-state index in [-0.39, 0.29) is 0 Å². The Morgan fingerprint density at radius 1 is 1.17 bits per heavy atom. The number of aliphatic hydroxyl groups is 1. The van der Waals surface area contributed by atoms with Gasteiger partial charge >= 0.3 is 0 Å². The average molecular weight is 331 g/mol. The molecule has 0 aliphatic carbocycles. The van der Waals surface area contributed by atoms with Crippen LogP contribution in [0.1, 0.15) is 11.5 Å². The zero-order valence-corrected chi connectivity index (χ0v) is 14.1. The second-order valence-corrected chi connectivity index (χ2v) is 6.29. The number of aromatic nitrogens is 1. The smallest absolute Gasteiger partial charge is 0.150 e. The van der Waals surface area contributed by atoms with Crippen LogP contribution in [-0.4, -0.2) is 65.5 Å². The summed E-state index contributed by atoms with van der Waals surface area (Å²) in [7, 11) is 0. The van der Waals surface area contributed by atoms with Crippen molar-refractivity contribution in [2.45, 2.75) is 19.6 Å². The maximum Gasteiger partial charge on any atom is 0.150 e. The zero-order valence-electron chi connectivity index (χ0n) is 14.1. The van der Waals surface area contributed by atoms with E-state index in [0.29, 0.717) is 13.2 Å². The molecule has 0 bridgehead atoms. The quantitative estimate of drug-likeness (QED) is 0.830. The maximum atomic E-state index is 10.2. The molecule has 2 aromatic rings. The van der Waals surface area contributed by atoms with Crippen LogP contribution in [0.4, 0.5) is 0 Å². The van der Waals surface area contributed by atoms with Gasteiger partial charge in [-0.15, -0.1) is 0 Å². The van der Waals surface area contributed by atoms with Gasteiger partial charge in [0.1, 0.15) is 18.5 Å².